The molecule has 0 unspecified atom stereocenters. The van der Waals surface area contributed by atoms with Crippen LogP contribution in [0.25, 0.3) is 53.8 Å². The van der Waals surface area contributed by atoms with Gasteiger partial charge in [0.15, 0.2) is 23.0 Å². The van der Waals surface area contributed by atoms with Gasteiger partial charge in [0.2, 0.25) is 0 Å². The zero-order valence-corrected chi connectivity index (χ0v) is 21.6. The molecule has 0 aliphatic carbocycles. The van der Waals surface area contributed by atoms with E-state index in [1.165, 1.54) is 20.2 Å². The number of ether oxygens (including phenoxy) is 2. The Morgan fingerprint density at radius 2 is 1.05 bits per heavy atom. The maximum Gasteiger partial charge on any atom is 0.171 e. The van der Waals surface area contributed by atoms with Crippen LogP contribution in [-0.2, 0) is 0 Å². The highest BCUT2D eigenvalue weighted by Gasteiger charge is 2.22. The molecule has 0 fully saturated rings. The van der Waals surface area contributed by atoms with Gasteiger partial charge in [0.25, 0.3) is 0 Å². The number of hydrogen-bond acceptors (Lipinski definition) is 4. The number of benzene rings is 5. The van der Waals surface area contributed by atoms with E-state index >= 15 is 0 Å². The molecule has 184 valence electrons. The van der Waals surface area contributed by atoms with Crippen LogP contribution in [0.5, 0.6) is 23.0 Å². The molecule has 0 atom stereocenters. The summed E-state index contributed by atoms with van der Waals surface area (Å²) in [5, 5.41) is 2.42. The Morgan fingerprint density at radius 3 is 1.87 bits per heavy atom. The summed E-state index contributed by atoms with van der Waals surface area (Å²) < 4.78 is 15.2. The van der Waals surface area contributed by atoms with Crippen LogP contribution in [0, 0.1) is 0 Å². The van der Waals surface area contributed by atoms with Crippen LogP contribution in [0.2, 0.25) is 0 Å². The number of thiophene rings is 1. The van der Waals surface area contributed by atoms with Crippen molar-refractivity contribution in [2.75, 3.05) is 0 Å². The minimum absolute atomic E-state index is 0.687. The fourth-order valence-corrected chi connectivity index (χ4v) is 6.31. The first-order chi connectivity index (χ1) is 19.3. The highest BCUT2D eigenvalue weighted by molar-refractivity contribution is 7.25. The summed E-state index contributed by atoms with van der Waals surface area (Å²) in [6, 6.07) is 43.7. The summed E-state index contributed by atoms with van der Waals surface area (Å²) >= 11 is 1.77. The third kappa shape index (κ3) is 3.85. The quantitative estimate of drug-likeness (QED) is 0.233. The second-order valence-electron chi connectivity index (χ2n) is 9.62. The predicted octanol–water partition coefficient (Wildman–Crippen LogP) is 10.3. The molecule has 0 radical (unpaired) electrons. The molecule has 8 rings (SSSR count). The molecule has 0 bridgehead atoms. The van der Waals surface area contributed by atoms with Gasteiger partial charge in [-0.2, -0.15) is 0 Å². The number of fused-ring (bicyclic) bond motifs is 5. The van der Waals surface area contributed by atoms with E-state index in [2.05, 4.69) is 91.0 Å². The molecule has 0 saturated carbocycles. The summed E-state index contributed by atoms with van der Waals surface area (Å²) in [4.78, 5) is 5.07. The standard InChI is InChI=1S/C35H21NO2S/c1-3-9-22(10-4-1)25-17-28(23-11-5-2-6-12-23)36-29(18-25)24-15-16-30-31(19-24)38-32-20-27-26-13-7-8-14-34(26)39-35(27)21-33(32)37-30/h1-21H. The lowest BCUT2D eigenvalue weighted by Gasteiger charge is -2.21. The normalized spacial score (nSPS) is 12.0. The van der Waals surface area contributed by atoms with Crippen molar-refractivity contribution in [3.63, 3.8) is 0 Å². The van der Waals surface area contributed by atoms with Gasteiger partial charge in [-0.25, -0.2) is 4.98 Å². The van der Waals surface area contributed by atoms with Gasteiger partial charge in [-0.15, -0.1) is 11.3 Å². The monoisotopic (exact) mass is 519 g/mol. The Kier molecular flexibility index (Phi) is 5.00. The summed E-state index contributed by atoms with van der Waals surface area (Å²) in [7, 11) is 0. The summed E-state index contributed by atoms with van der Waals surface area (Å²) in [5.41, 5.74) is 6.13. The highest BCUT2D eigenvalue weighted by Crippen LogP contribution is 2.50. The second kappa shape index (κ2) is 8.83. The zero-order chi connectivity index (χ0) is 25.8. The molecule has 0 spiro atoms. The van der Waals surface area contributed by atoms with Crippen molar-refractivity contribution in [3.8, 4) is 56.6 Å². The summed E-state index contributed by atoms with van der Waals surface area (Å²) in [5.74, 6) is 2.86. The van der Waals surface area contributed by atoms with Crippen molar-refractivity contribution >= 4 is 31.5 Å². The van der Waals surface area contributed by atoms with Crippen LogP contribution in [0.4, 0.5) is 0 Å². The van der Waals surface area contributed by atoms with Gasteiger partial charge in [0.1, 0.15) is 0 Å². The molecule has 7 aromatic rings. The number of aromatic nitrogens is 1. The van der Waals surface area contributed by atoms with Crippen LogP contribution in [0.3, 0.4) is 0 Å². The van der Waals surface area contributed by atoms with Crippen molar-refractivity contribution < 1.29 is 9.47 Å². The van der Waals surface area contributed by atoms with Crippen molar-refractivity contribution in [1.29, 1.82) is 0 Å². The number of nitrogens with zero attached hydrogens (tertiary/aromatic N) is 1. The number of pyridine rings is 1. The smallest absolute Gasteiger partial charge is 0.171 e. The Morgan fingerprint density at radius 1 is 0.410 bits per heavy atom. The fraction of sp³-hybridized carbons (Fsp3) is 0. The van der Waals surface area contributed by atoms with Gasteiger partial charge in [-0.05, 0) is 53.6 Å². The molecule has 0 saturated heterocycles. The molecule has 39 heavy (non-hydrogen) atoms. The Balaban J connectivity index is 1.23. The topological polar surface area (TPSA) is 31.4 Å². The third-order valence-corrected chi connectivity index (χ3v) is 8.26. The number of hydrogen-bond donors (Lipinski definition) is 0. The minimum Gasteiger partial charge on any atom is -0.449 e. The minimum atomic E-state index is 0.687. The first kappa shape index (κ1) is 22.1. The molecular weight excluding hydrogens is 498 g/mol. The van der Waals surface area contributed by atoms with E-state index in [-0.39, 0.29) is 0 Å². The van der Waals surface area contributed by atoms with E-state index in [1.807, 2.05) is 36.4 Å². The first-order valence-corrected chi connectivity index (χ1v) is 13.7. The highest BCUT2D eigenvalue weighted by atomic mass is 32.1. The summed E-state index contributed by atoms with van der Waals surface area (Å²) in [6.07, 6.45) is 0. The van der Waals surface area contributed by atoms with Crippen LogP contribution in [-0.4, -0.2) is 4.98 Å². The SMILES string of the molecule is c1ccc(-c2cc(-c3ccccc3)nc(-c3ccc4c(c3)Oc3cc5c(cc3O4)sc3ccccc35)c2)cc1. The molecule has 0 N–H and O–H groups in total. The lowest BCUT2D eigenvalue weighted by atomic mass is 10.00. The molecule has 3 nitrogen and oxygen atoms in total. The van der Waals surface area contributed by atoms with E-state index < -0.39 is 0 Å². The lowest BCUT2D eigenvalue weighted by molar-refractivity contribution is 0.360. The molecule has 5 aromatic carbocycles. The van der Waals surface area contributed by atoms with Crippen molar-refractivity contribution in [1.82, 2.24) is 4.98 Å². The average Bonchev–Trinajstić information content (AvgIpc) is 3.36. The van der Waals surface area contributed by atoms with Crippen molar-refractivity contribution in [2.24, 2.45) is 0 Å². The van der Waals surface area contributed by atoms with E-state index in [0.29, 0.717) is 11.5 Å². The molecule has 1 aliphatic heterocycles. The largest absolute Gasteiger partial charge is 0.449 e. The molecule has 0 amide bonds. The lowest BCUT2D eigenvalue weighted by Crippen LogP contribution is -1.99. The maximum absolute atomic E-state index is 6.45. The summed E-state index contributed by atoms with van der Waals surface area (Å²) in [6.45, 7) is 0. The van der Waals surface area contributed by atoms with Gasteiger partial charge in [-0.3, -0.25) is 0 Å². The molecule has 4 heteroatoms. The van der Waals surface area contributed by atoms with Crippen LogP contribution >= 0.6 is 11.3 Å². The van der Waals surface area contributed by atoms with Crippen LogP contribution in [0.15, 0.2) is 127 Å². The first-order valence-electron chi connectivity index (χ1n) is 12.9. The van der Waals surface area contributed by atoms with Crippen molar-refractivity contribution in [3.05, 3.63) is 127 Å². The van der Waals surface area contributed by atoms with E-state index in [1.54, 1.807) is 11.3 Å². The predicted molar refractivity (Wildman–Crippen MR) is 160 cm³/mol. The maximum atomic E-state index is 6.45. The Labute approximate surface area is 229 Å². The van der Waals surface area contributed by atoms with Gasteiger partial charge >= 0.3 is 0 Å². The van der Waals surface area contributed by atoms with Gasteiger partial charge < -0.3 is 9.47 Å². The van der Waals surface area contributed by atoms with Gasteiger partial charge in [0, 0.05) is 37.4 Å². The molecule has 1 aliphatic rings. The zero-order valence-electron chi connectivity index (χ0n) is 20.8. The molecular formula is C35H21NO2S. The van der Waals surface area contributed by atoms with Crippen molar-refractivity contribution in [2.45, 2.75) is 0 Å². The number of rotatable bonds is 3. The van der Waals surface area contributed by atoms with E-state index in [4.69, 9.17) is 14.5 Å². The third-order valence-electron chi connectivity index (χ3n) is 7.12. The van der Waals surface area contributed by atoms with Crippen LogP contribution in [0.1, 0.15) is 0 Å². The molecule has 2 aromatic heterocycles. The molecule has 3 heterocycles. The fourth-order valence-electron chi connectivity index (χ4n) is 5.19. The van der Waals surface area contributed by atoms with E-state index in [0.717, 1.165) is 45.1 Å². The van der Waals surface area contributed by atoms with Gasteiger partial charge in [0.05, 0.1) is 11.4 Å². The van der Waals surface area contributed by atoms with Gasteiger partial charge in [-0.1, -0.05) is 78.9 Å². The van der Waals surface area contributed by atoms with Crippen LogP contribution < -0.4 is 9.47 Å². The second-order valence-corrected chi connectivity index (χ2v) is 10.7. The van der Waals surface area contributed by atoms with E-state index in [9.17, 15) is 0 Å². The average molecular weight is 520 g/mol. The Hall–Kier alpha value is -4.93. The Bertz CT molecular complexity index is 1950.